The number of oxazole rings is 1. The number of carbonyl (C=O) groups excluding carboxylic acids is 1. The molecule has 0 unspecified atom stereocenters. The van der Waals surface area contributed by atoms with Crippen molar-refractivity contribution < 1.29 is 13.6 Å². The predicted octanol–water partition coefficient (Wildman–Crippen LogP) is 3.01. The second kappa shape index (κ2) is 6.19. The SMILES string of the molecule is Cc1ccc(NC(=O)[C@@H](C)Nc2ccc3oc(=O)[nH]c3c2)c(F)c1. The van der Waals surface area contributed by atoms with Gasteiger partial charge in [-0.1, -0.05) is 6.07 Å². The molecule has 0 radical (unpaired) electrons. The van der Waals surface area contributed by atoms with Crippen LogP contribution in [0.1, 0.15) is 12.5 Å². The minimum atomic E-state index is -0.609. The highest BCUT2D eigenvalue weighted by atomic mass is 19.1. The van der Waals surface area contributed by atoms with E-state index >= 15 is 0 Å². The molecule has 24 heavy (non-hydrogen) atoms. The van der Waals surface area contributed by atoms with Crippen LogP contribution in [-0.4, -0.2) is 16.9 Å². The molecule has 3 aromatic rings. The Morgan fingerprint density at radius 1 is 1.25 bits per heavy atom. The van der Waals surface area contributed by atoms with Crippen LogP contribution in [0.2, 0.25) is 0 Å². The number of aromatic nitrogens is 1. The fraction of sp³-hybridized carbons (Fsp3) is 0.176. The average Bonchev–Trinajstić information content (AvgIpc) is 2.89. The van der Waals surface area contributed by atoms with Crippen molar-refractivity contribution in [2.45, 2.75) is 19.9 Å². The number of hydrogen-bond acceptors (Lipinski definition) is 4. The van der Waals surface area contributed by atoms with E-state index in [1.165, 1.54) is 12.1 Å². The number of anilines is 2. The maximum absolute atomic E-state index is 13.8. The van der Waals surface area contributed by atoms with Gasteiger partial charge in [-0.2, -0.15) is 0 Å². The second-order valence-electron chi connectivity index (χ2n) is 5.56. The van der Waals surface area contributed by atoms with E-state index in [2.05, 4.69) is 15.6 Å². The smallest absolute Gasteiger partial charge is 0.408 e. The molecule has 1 atom stereocenters. The van der Waals surface area contributed by atoms with Crippen LogP contribution < -0.4 is 16.4 Å². The number of nitrogens with one attached hydrogen (secondary N) is 3. The highest BCUT2D eigenvalue weighted by Gasteiger charge is 2.15. The highest BCUT2D eigenvalue weighted by molar-refractivity contribution is 5.96. The Kier molecular flexibility index (Phi) is 4.07. The Labute approximate surface area is 136 Å². The Morgan fingerprint density at radius 2 is 2.04 bits per heavy atom. The van der Waals surface area contributed by atoms with E-state index in [0.717, 1.165) is 5.56 Å². The van der Waals surface area contributed by atoms with Gasteiger partial charge in [0.05, 0.1) is 11.2 Å². The molecule has 0 aliphatic rings. The number of hydrogen-bond donors (Lipinski definition) is 3. The van der Waals surface area contributed by atoms with Crippen molar-refractivity contribution in [1.82, 2.24) is 4.98 Å². The number of carbonyl (C=O) groups is 1. The van der Waals surface area contributed by atoms with Crippen LogP contribution in [-0.2, 0) is 4.79 Å². The Morgan fingerprint density at radius 3 is 2.79 bits per heavy atom. The fourth-order valence-corrected chi connectivity index (χ4v) is 2.32. The summed E-state index contributed by atoms with van der Waals surface area (Å²) >= 11 is 0. The number of amides is 1. The summed E-state index contributed by atoms with van der Waals surface area (Å²) < 4.78 is 18.7. The topological polar surface area (TPSA) is 87.1 Å². The number of benzene rings is 2. The first-order valence-electron chi connectivity index (χ1n) is 7.39. The van der Waals surface area contributed by atoms with Gasteiger partial charge in [-0.15, -0.1) is 0 Å². The summed E-state index contributed by atoms with van der Waals surface area (Å²) in [5.41, 5.74) is 2.51. The molecule has 3 rings (SSSR count). The van der Waals surface area contributed by atoms with E-state index < -0.39 is 17.6 Å². The molecule has 1 aromatic heterocycles. The van der Waals surface area contributed by atoms with Gasteiger partial charge in [-0.05, 0) is 49.7 Å². The van der Waals surface area contributed by atoms with Gasteiger partial charge < -0.3 is 15.1 Å². The summed E-state index contributed by atoms with van der Waals surface area (Å²) in [4.78, 5) is 25.9. The highest BCUT2D eigenvalue weighted by Crippen LogP contribution is 2.18. The van der Waals surface area contributed by atoms with E-state index in [9.17, 15) is 14.0 Å². The van der Waals surface area contributed by atoms with Gasteiger partial charge in [-0.25, -0.2) is 9.18 Å². The van der Waals surface area contributed by atoms with Crippen LogP contribution in [0.5, 0.6) is 0 Å². The maximum Gasteiger partial charge on any atom is 0.417 e. The zero-order valence-corrected chi connectivity index (χ0v) is 13.1. The van der Waals surface area contributed by atoms with Gasteiger partial charge in [-0.3, -0.25) is 9.78 Å². The van der Waals surface area contributed by atoms with Gasteiger partial charge in [0, 0.05) is 5.69 Å². The van der Waals surface area contributed by atoms with Crippen LogP contribution in [0, 0.1) is 12.7 Å². The van der Waals surface area contributed by atoms with Crippen LogP contribution in [0.4, 0.5) is 15.8 Å². The number of H-pyrrole nitrogens is 1. The summed E-state index contributed by atoms with van der Waals surface area (Å²) in [6.45, 7) is 3.43. The van der Waals surface area contributed by atoms with Crippen LogP contribution in [0.25, 0.3) is 11.1 Å². The molecule has 0 fully saturated rings. The summed E-state index contributed by atoms with van der Waals surface area (Å²) in [5, 5.41) is 5.54. The molecule has 3 N–H and O–H groups in total. The number of rotatable bonds is 4. The van der Waals surface area contributed by atoms with E-state index in [4.69, 9.17) is 4.42 Å². The lowest BCUT2D eigenvalue weighted by atomic mass is 10.2. The monoisotopic (exact) mass is 329 g/mol. The summed E-state index contributed by atoms with van der Waals surface area (Å²) in [6.07, 6.45) is 0. The van der Waals surface area contributed by atoms with Gasteiger partial charge in [0.1, 0.15) is 11.9 Å². The average molecular weight is 329 g/mol. The minimum Gasteiger partial charge on any atom is -0.408 e. The van der Waals surface area contributed by atoms with Crippen molar-refractivity contribution in [3.05, 3.63) is 58.3 Å². The molecule has 6 nitrogen and oxygen atoms in total. The molecule has 0 saturated carbocycles. The molecule has 0 aliphatic heterocycles. The molecular formula is C17H16FN3O3. The molecule has 1 heterocycles. The summed E-state index contributed by atoms with van der Waals surface area (Å²) in [7, 11) is 0. The molecule has 0 aliphatic carbocycles. The molecule has 2 aromatic carbocycles. The fourth-order valence-electron chi connectivity index (χ4n) is 2.32. The van der Waals surface area contributed by atoms with Crippen LogP contribution >= 0.6 is 0 Å². The van der Waals surface area contributed by atoms with Gasteiger partial charge >= 0.3 is 5.76 Å². The number of fused-ring (bicyclic) bond motifs is 1. The maximum atomic E-state index is 13.8. The molecule has 7 heteroatoms. The minimum absolute atomic E-state index is 0.133. The van der Waals surface area contributed by atoms with Crippen molar-refractivity contribution in [3.63, 3.8) is 0 Å². The van der Waals surface area contributed by atoms with E-state index in [-0.39, 0.29) is 11.6 Å². The quantitative estimate of drug-likeness (QED) is 0.687. The normalized spacial score (nSPS) is 12.1. The largest absolute Gasteiger partial charge is 0.417 e. The third-order valence-electron chi connectivity index (χ3n) is 3.58. The molecule has 0 bridgehead atoms. The van der Waals surface area contributed by atoms with Crippen molar-refractivity contribution in [1.29, 1.82) is 0 Å². The van der Waals surface area contributed by atoms with Gasteiger partial charge in [0.25, 0.3) is 0 Å². The van der Waals surface area contributed by atoms with Gasteiger partial charge in [0.2, 0.25) is 5.91 Å². The lowest BCUT2D eigenvalue weighted by Crippen LogP contribution is -2.32. The van der Waals surface area contributed by atoms with Crippen LogP contribution in [0.15, 0.2) is 45.6 Å². The molecule has 1 amide bonds. The lowest BCUT2D eigenvalue weighted by Gasteiger charge is -2.15. The first-order valence-corrected chi connectivity index (χ1v) is 7.39. The molecule has 0 saturated heterocycles. The van der Waals surface area contributed by atoms with Crippen molar-refractivity contribution in [2.75, 3.05) is 10.6 Å². The Bertz CT molecular complexity index is 961. The van der Waals surface area contributed by atoms with Crippen LogP contribution in [0.3, 0.4) is 0 Å². The number of aryl methyl sites for hydroxylation is 1. The third-order valence-corrected chi connectivity index (χ3v) is 3.58. The zero-order chi connectivity index (χ0) is 17.3. The van der Waals surface area contributed by atoms with Crippen molar-refractivity contribution >= 4 is 28.4 Å². The molecule has 0 spiro atoms. The third kappa shape index (κ3) is 3.29. The number of aromatic amines is 1. The van der Waals surface area contributed by atoms with E-state index in [1.54, 1.807) is 38.1 Å². The molecule has 124 valence electrons. The summed E-state index contributed by atoms with van der Waals surface area (Å²) in [6, 6.07) is 8.97. The molecular weight excluding hydrogens is 313 g/mol. The van der Waals surface area contributed by atoms with Gasteiger partial charge in [0.15, 0.2) is 5.58 Å². The Balaban J connectivity index is 1.71. The number of halogens is 1. The van der Waals surface area contributed by atoms with E-state index in [1.807, 2.05) is 0 Å². The Hall–Kier alpha value is -3.09. The first-order chi connectivity index (χ1) is 11.4. The van der Waals surface area contributed by atoms with Crippen molar-refractivity contribution in [3.8, 4) is 0 Å². The summed E-state index contributed by atoms with van der Waals surface area (Å²) in [5.74, 6) is -1.39. The standard InChI is InChI=1S/C17H16FN3O3/c1-9-3-5-13(12(18)7-9)20-16(22)10(2)19-11-4-6-15-14(8-11)21-17(23)24-15/h3-8,10,19H,1-2H3,(H,20,22)(H,21,23)/t10-/m1/s1. The predicted molar refractivity (Wildman–Crippen MR) is 89.7 cm³/mol. The first kappa shape index (κ1) is 15.8. The zero-order valence-electron chi connectivity index (χ0n) is 13.1. The van der Waals surface area contributed by atoms with Crippen molar-refractivity contribution in [2.24, 2.45) is 0 Å². The second-order valence-corrected chi connectivity index (χ2v) is 5.56. The van der Waals surface area contributed by atoms with E-state index in [0.29, 0.717) is 16.8 Å². The lowest BCUT2D eigenvalue weighted by molar-refractivity contribution is -0.116.